The van der Waals surface area contributed by atoms with Crippen LogP contribution in [0.1, 0.15) is 30.6 Å². The van der Waals surface area contributed by atoms with E-state index in [0.29, 0.717) is 47.7 Å². The molecule has 0 aliphatic carbocycles. The first-order chi connectivity index (χ1) is 15.8. The molecule has 1 fully saturated rings. The van der Waals surface area contributed by atoms with Crippen LogP contribution in [-0.2, 0) is 10.0 Å². The van der Waals surface area contributed by atoms with E-state index in [2.05, 4.69) is 19.2 Å². The molecule has 33 heavy (non-hydrogen) atoms. The number of carbonyl (C=O) groups is 1. The van der Waals surface area contributed by atoms with E-state index < -0.39 is 10.0 Å². The van der Waals surface area contributed by atoms with Gasteiger partial charge in [-0.05, 0) is 66.8 Å². The number of hydrogen-bond acceptors (Lipinski definition) is 4. The topological polar surface area (TPSA) is 75.7 Å². The van der Waals surface area contributed by atoms with Crippen LogP contribution in [-0.4, -0.2) is 31.7 Å². The van der Waals surface area contributed by atoms with Crippen molar-refractivity contribution in [3.05, 3.63) is 84.4 Å². The normalized spacial score (nSPS) is 19.1. The first kappa shape index (κ1) is 23.0. The van der Waals surface area contributed by atoms with Gasteiger partial charge in [0.25, 0.3) is 5.91 Å². The van der Waals surface area contributed by atoms with E-state index in [4.69, 9.17) is 4.74 Å². The number of amides is 1. The van der Waals surface area contributed by atoms with E-state index in [1.54, 1.807) is 28.6 Å². The number of hydrogen-bond donors (Lipinski definition) is 1. The van der Waals surface area contributed by atoms with E-state index in [1.165, 1.54) is 12.1 Å². The van der Waals surface area contributed by atoms with Crippen molar-refractivity contribution in [2.45, 2.75) is 25.2 Å². The van der Waals surface area contributed by atoms with Crippen LogP contribution in [0.3, 0.4) is 0 Å². The summed E-state index contributed by atoms with van der Waals surface area (Å²) in [5.41, 5.74) is 0.892. The SMILES string of the molecule is C[C@@H]1C[C@H](C)CN(S(=O)(=O)c2ccc(C(=O)Nc3ccccc3Oc3ccccc3)cc2)C1. The Hall–Kier alpha value is -3.16. The summed E-state index contributed by atoms with van der Waals surface area (Å²) in [7, 11) is -3.59. The number of piperidine rings is 1. The minimum atomic E-state index is -3.59. The summed E-state index contributed by atoms with van der Waals surface area (Å²) in [6.07, 6.45) is 1.03. The number of sulfonamides is 1. The number of ether oxygens (including phenoxy) is 1. The molecule has 172 valence electrons. The monoisotopic (exact) mass is 464 g/mol. The standard InChI is InChI=1S/C26H28N2O4S/c1-19-16-20(2)18-28(17-19)33(30,31)23-14-12-21(13-15-23)26(29)27-24-10-6-7-11-25(24)32-22-8-4-3-5-9-22/h3-15,19-20H,16-18H2,1-2H3,(H,27,29)/t19-,20+. The second-order valence-corrected chi connectivity index (χ2v) is 10.6. The maximum absolute atomic E-state index is 13.1. The average molecular weight is 465 g/mol. The summed E-state index contributed by atoms with van der Waals surface area (Å²) in [5, 5.41) is 2.86. The fourth-order valence-electron chi connectivity index (χ4n) is 4.20. The fraction of sp³-hybridized carbons (Fsp3) is 0.269. The minimum absolute atomic E-state index is 0.202. The highest BCUT2D eigenvalue weighted by Crippen LogP contribution is 2.30. The molecule has 0 radical (unpaired) electrons. The molecule has 4 rings (SSSR count). The molecule has 2 atom stereocenters. The van der Waals surface area contributed by atoms with Crippen LogP contribution in [0.2, 0.25) is 0 Å². The number of nitrogens with zero attached hydrogens (tertiary/aromatic N) is 1. The molecule has 0 spiro atoms. The predicted molar refractivity (Wildman–Crippen MR) is 129 cm³/mol. The highest BCUT2D eigenvalue weighted by Gasteiger charge is 2.31. The molecule has 6 nitrogen and oxygen atoms in total. The van der Waals surface area contributed by atoms with Crippen LogP contribution in [0.4, 0.5) is 5.69 Å². The first-order valence-electron chi connectivity index (χ1n) is 11.1. The van der Waals surface area contributed by atoms with Gasteiger partial charge in [0.05, 0.1) is 10.6 Å². The molecular formula is C26H28N2O4S. The van der Waals surface area contributed by atoms with Gasteiger partial charge in [-0.2, -0.15) is 4.31 Å². The Kier molecular flexibility index (Phi) is 6.81. The van der Waals surface area contributed by atoms with Gasteiger partial charge in [0, 0.05) is 18.7 Å². The van der Waals surface area contributed by atoms with Crippen molar-refractivity contribution < 1.29 is 17.9 Å². The molecule has 1 amide bonds. The predicted octanol–water partition coefficient (Wildman–Crippen LogP) is 5.40. The van der Waals surface area contributed by atoms with Gasteiger partial charge in [-0.25, -0.2) is 8.42 Å². The van der Waals surface area contributed by atoms with E-state index in [-0.39, 0.29) is 10.8 Å². The molecule has 1 saturated heterocycles. The van der Waals surface area contributed by atoms with Crippen LogP contribution in [0.25, 0.3) is 0 Å². The molecule has 1 aliphatic rings. The van der Waals surface area contributed by atoms with Crippen molar-refractivity contribution in [2.75, 3.05) is 18.4 Å². The Morgan fingerprint density at radius 1 is 0.879 bits per heavy atom. The summed E-state index contributed by atoms with van der Waals surface area (Å²) in [4.78, 5) is 13.0. The van der Waals surface area contributed by atoms with Gasteiger partial charge in [0.1, 0.15) is 5.75 Å². The Morgan fingerprint density at radius 3 is 2.15 bits per heavy atom. The van der Waals surface area contributed by atoms with Crippen molar-refractivity contribution in [1.82, 2.24) is 4.31 Å². The summed E-state index contributed by atoms with van der Waals surface area (Å²) in [6.45, 7) is 5.19. The number of nitrogens with one attached hydrogen (secondary N) is 1. The van der Waals surface area contributed by atoms with Crippen molar-refractivity contribution >= 4 is 21.6 Å². The molecule has 7 heteroatoms. The molecule has 3 aromatic carbocycles. The van der Waals surface area contributed by atoms with Gasteiger partial charge in [0.2, 0.25) is 10.0 Å². The number of rotatable bonds is 6. The zero-order valence-corrected chi connectivity index (χ0v) is 19.6. The Balaban J connectivity index is 1.48. The maximum Gasteiger partial charge on any atom is 0.255 e. The second kappa shape index (κ2) is 9.77. The van der Waals surface area contributed by atoms with Gasteiger partial charge in [-0.3, -0.25) is 4.79 Å². The van der Waals surface area contributed by atoms with Crippen molar-refractivity contribution in [3.63, 3.8) is 0 Å². The summed E-state index contributed by atoms with van der Waals surface area (Å²) >= 11 is 0. The lowest BCUT2D eigenvalue weighted by Crippen LogP contribution is -2.42. The van der Waals surface area contributed by atoms with E-state index in [9.17, 15) is 13.2 Å². The molecular weight excluding hydrogens is 436 g/mol. The zero-order valence-electron chi connectivity index (χ0n) is 18.8. The lowest BCUT2D eigenvalue weighted by atomic mass is 9.94. The molecule has 0 aromatic heterocycles. The molecule has 1 N–H and O–H groups in total. The van der Waals surface area contributed by atoms with Gasteiger partial charge < -0.3 is 10.1 Å². The van der Waals surface area contributed by atoms with Crippen LogP contribution >= 0.6 is 0 Å². The Labute approximate surface area is 195 Å². The molecule has 3 aromatic rings. The van der Waals surface area contributed by atoms with Crippen molar-refractivity contribution in [1.29, 1.82) is 0 Å². The lowest BCUT2D eigenvalue weighted by molar-refractivity contribution is 0.102. The van der Waals surface area contributed by atoms with Crippen LogP contribution in [0, 0.1) is 11.8 Å². The highest BCUT2D eigenvalue weighted by atomic mass is 32.2. The van der Waals surface area contributed by atoms with Crippen LogP contribution in [0.15, 0.2) is 83.8 Å². The van der Waals surface area contributed by atoms with Gasteiger partial charge >= 0.3 is 0 Å². The quantitative estimate of drug-likeness (QED) is 0.530. The fourth-order valence-corrected chi connectivity index (χ4v) is 5.88. The van der Waals surface area contributed by atoms with Crippen molar-refractivity contribution in [2.24, 2.45) is 11.8 Å². The van der Waals surface area contributed by atoms with E-state index >= 15 is 0 Å². The third-order valence-electron chi connectivity index (χ3n) is 5.70. The van der Waals surface area contributed by atoms with Crippen LogP contribution < -0.4 is 10.1 Å². The lowest BCUT2D eigenvalue weighted by Gasteiger charge is -2.34. The average Bonchev–Trinajstić information content (AvgIpc) is 2.80. The Morgan fingerprint density at radius 2 is 1.48 bits per heavy atom. The molecule has 0 saturated carbocycles. The minimum Gasteiger partial charge on any atom is -0.455 e. The molecule has 0 bridgehead atoms. The molecule has 1 aliphatic heterocycles. The molecule has 1 heterocycles. The zero-order chi connectivity index (χ0) is 23.4. The van der Waals surface area contributed by atoms with E-state index in [0.717, 1.165) is 6.42 Å². The summed E-state index contributed by atoms with van der Waals surface area (Å²) in [6, 6.07) is 22.6. The maximum atomic E-state index is 13.1. The van der Waals surface area contributed by atoms with Gasteiger partial charge in [-0.1, -0.05) is 44.2 Å². The van der Waals surface area contributed by atoms with E-state index in [1.807, 2.05) is 42.5 Å². The second-order valence-electron chi connectivity index (χ2n) is 8.66. The molecule has 0 unspecified atom stereocenters. The summed E-state index contributed by atoms with van der Waals surface area (Å²) in [5.74, 6) is 1.49. The van der Waals surface area contributed by atoms with Crippen molar-refractivity contribution in [3.8, 4) is 11.5 Å². The number of carbonyl (C=O) groups excluding carboxylic acids is 1. The summed E-state index contributed by atoms with van der Waals surface area (Å²) < 4.78 is 33.6. The van der Waals surface area contributed by atoms with Gasteiger partial charge in [-0.15, -0.1) is 0 Å². The third-order valence-corrected chi connectivity index (χ3v) is 7.54. The number of para-hydroxylation sites is 3. The smallest absolute Gasteiger partial charge is 0.255 e. The third kappa shape index (κ3) is 5.43. The van der Waals surface area contributed by atoms with Gasteiger partial charge in [0.15, 0.2) is 5.75 Å². The van der Waals surface area contributed by atoms with Crippen LogP contribution in [0.5, 0.6) is 11.5 Å². The Bertz CT molecular complexity index is 1200. The first-order valence-corrected chi connectivity index (χ1v) is 12.5. The highest BCUT2D eigenvalue weighted by molar-refractivity contribution is 7.89. The largest absolute Gasteiger partial charge is 0.455 e. The number of benzene rings is 3. The number of anilines is 1.